The van der Waals surface area contributed by atoms with Crippen LogP contribution in [0.5, 0.6) is 5.75 Å². The summed E-state index contributed by atoms with van der Waals surface area (Å²) in [5, 5.41) is 9.54. The largest absolute Gasteiger partial charge is 0.489 e. The molecule has 2 atom stereocenters. The summed E-state index contributed by atoms with van der Waals surface area (Å²) in [4.78, 5) is 16.7. The highest BCUT2D eigenvalue weighted by Gasteiger charge is 2.16. The maximum absolute atomic E-state index is 12.5. The van der Waals surface area contributed by atoms with Gasteiger partial charge in [0, 0.05) is 32.3 Å². The smallest absolute Gasteiger partial charge is 0.251 e. The molecule has 3 rings (SSSR count). The third-order valence-electron chi connectivity index (χ3n) is 5.27. The van der Waals surface area contributed by atoms with Gasteiger partial charge in [-0.15, -0.1) is 24.0 Å². The predicted octanol–water partition coefficient (Wildman–Crippen LogP) is 3.65. The Hall–Kier alpha value is -2.33. The lowest BCUT2D eigenvalue weighted by atomic mass is 10.1. The first-order valence-electron chi connectivity index (χ1n) is 11.2. The topological polar surface area (TPSA) is 84.0 Å². The van der Waals surface area contributed by atoms with Gasteiger partial charge >= 0.3 is 0 Å². The molecule has 1 aliphatic heterocycles. The average molecular weight is 566 g/mol. The lowest BCUT2D eigenvalue weighted by Crippen LogP contribution is -2.41. The number of hydrogen-bond donors (Lipinski definition) is 3. The fraction of sp³-hybridized carbons (Fsp3) is 0.440. The number of rotatable bonds is 9. The van der Waals surface area contributed by atoms with Crippen molar-refractivity contribution in [2.24, 2.45) is 4.99 Å². The Morgan fingerprint density at radius 2 is 2.00 bits per heavy atom. The monoisotopic (exact) mass is 566 g/mol. The molecule has 2 aromatic rings. The zero-order valence-corrected chi connectivity index (χ0v) is 21.9. The van der Waals surface area contributed by atoms with E-state index in [4.69, 9.17) is 9.47 Å². The van der Waals surface area contributed by atoms with E-state index in [9.17, 15) is 4.79 Å². The summed E-state index contributed by atoms with van der Waals surface area (Å²) in [6.07, 6.45) is 2.18. The van der Waals surface area contributed by atoms with Crippen molar-refractivity contribution in [1.82, 2.24) is 16.0 Å². The van der Waals surface area contributed by atoms with Crippen molar-refractivity contribution in [3.05, 3.63) is 65.2 Å². The van der Waals surface area contributed by atoms with Crippen molar-refractivity contribution in [3.63, 3.8) is 0 Å². The molecule has 180 valence electrons. The number of carbonyl (C=O) groups excluding carboxylic acids is 1. The number of amides is 1. The standard InChI is InChI=1S/C25H34N4O3.HI/c1-18-7-4-10-22(13-18)32-19(2)15-28-25(26-3)29-16-20-8-5-9-21(14-20)24(30)27-17-23-11-6-12-31-23;/h4-5,7-10,13-14,19,23H,6,11-12,15-17H2,1-3H3,(H,27,30)(H2,26,28,29);1H. The number of guanidine groups is 1. The zero-order chi connectivity index (χ0) is 22.8. The van der Waals surface area contributed by atoms with Crippen molar-refractivity contribution in [1.29, 1.82) is 0 Å². The maximum atomic E-state index is 12.5. The first kappa shape index (κ1) is 26.9. The summed E-state index contributed by atoms with van der Waals surface area (Å²) in [6.45, 7) is 6.57. The van der Waals surface area contributed by atoms with Crippen molar-refractivity contribution in [2.45, 2.75) is 45.4 Å². The van der Waals surface area contributed by atoms with E-state index in [1.54, 1.807) is 7.05 Å². The van der Waals surface area contributed by atoms with Crippen molar-refractivity contribution in [3.8, 4) is 5.75 Å². The van der Waals surface area contributed by atoms with Gasteiger partial charge in [0.15, 0.2) is 5.96 Å². The average Bonchev–Trinajstić information content (AvgIpc) is 3.31. The van der Waals surface area contributed by atoms with Crippen LogP contribution >= 0.6 is 24.0 Å². The molecule has 8 heteroatoms. The van der Waals surface area contributed by atoms with Crippen LogP contribution in [0.25, 0.3) is 0 Å². The number of benzene rings is 2. The lowest BCUT2D eigenvalue weighted by molar-refractivity contribution is 0.0857. The molecule has 0 aliphatic carbocycles. The van der Waals surface area contributed by atoms with Gasteiger partial charge < -0.3 is 25.4 Å². The number of nitrogens with one attached hydrogen (secondary N) is 3. The van der Waals surface area contributed by atoms with E-state index < -0.39 is 0 Å². The highest BCUT2D eigenvalue weighted by molar-refractivity contribution is 14.0. The first-order valence-corrected chi connectivity index (χ1v) is 11.2. The molecule has 1 saturated heterocycles. The van der Waals surface area contributed by atoms with Gasteiger partial charge in [0.05, 0.1) is 12.6 Å². The molecular formula is C25H35IN4O3. The normalized spacial score (nSPS) is 16.5. The number of ether oxygens (including phenoxy) is 2. The quantitative estimate of drug-likeness (QED) is 0.245. The highest BCUT2D eigenvalue weighted by atomic mass is 127. The van der Waals surface area contributed by atoms with E-state index in [0.717, 1.165) is 30.8 Å². The molecule has 0 aromatic heterocycles. The molecule has 7 nitrogen and oxygen atoms in total. The van der Waals surface area contributed by atoms with Gasteiger partial charge in [-0.3, -0.25) is 9.79 Å². The summed E-state index contributed by atoms with van der Waals surface area (Å²) in [5.74, 6) is 1.46. The number of nitrogens with zero attached hydrogens (tertiary/aromatic N) is 1. The fourth-order valence-electron chi connectivity index (χ4n) is 3.55. The Labute approximate surface area is 213 Å². The number of hydrogen-bond acceptors (Lipinski definition) is 4. The molecule has 2 aromatic carbocycles. The van der Waals surface area contributed by atoms with Crippen molar-refractivity contribution < 1.29 is 14.3 Å². The van der Waals surface area contributed by atoms with Gasteiger partial charge in [-0.2, -0.15) is 0 Å². The van der Waals surface area contributed by atoms with Crippen LogP contribution < -0.4 is 20.7 Å². The molecule has 1 aliphatic rings. The zero-order valence-electron chi connectivity index (χ0n) is 19.6. The third-order valence-corrected chi connectivity index (χ3v) is 5.27. The molecule has 1 fully saturated rings. The second-order valence-electron chi connectivity index (χ2n) is 8.10. The van der Waals surface area contributed by atoms with Crippen LogP contribution in [-0.4, -0.2) is 50.8 Å². The van der Waals surface area contributed by atoms with Crippen molar-refractivity contribution in [2.75, 3.05) is 26.7 Å². The molecule has 0 radical (unpaired) electrons. The predicted molar refractivity (Wildman–Crippen MR) is 143 cm³/mol. The van der Waals surface area contributed by atoms with E-state index in [0.29, 0.717) is 31.2 Å². The fourth-order valence-corrected chi connectivity index (χ4v) is 3.55. The third kappa shape index (κ3) is 9.21. The van der Waals surface area contributed by atoms with Gasteiger partial charge in [0.2, 0.25) is 0 Å². The first-order chi connectivity index (χ1) is 15.5. The van der Waals surface area contributed by atoms with Crippen LogP contribution in [-0.2, 0) is 11.3 Å². The van der Waals surface area contributed by atoms with Gasteiger partial charge in [0.25, 0.3) is 5.91 Å². The molecule has 33 heavy (non-hydrogen) atoms. The molecule has 3 N–H and O–H groups in total. The maximum Gasteiger partial charge on any atom is 0.251 e. The van der Waals surface area contributed by atoms with Crippen molar-refractivity contribution >= 4 is 35.8 Å². The minimum atomic E-state index is -0.0769. The van der Waals surface area contributed by atoms with E-state index in [1.165, 1.54) is 5.56 Å². The Bertz CT molecular complexity index is 916. The highest BCUT2D eigenvalue weighted by Crippen LogP contribution is 2.14. The number of aliphatic imine (C=N–C) groups is 1. The second kappa shape index (κ2) is 14.0. The van der Waals surface area contributed by atoms with Crippen LogP contribution in [0.1, 0.15) is 41.3 Å². The minimum Gasteiger partial charge on any atom is -0.489 e. The summed E-state index contributed by atoms with van der Waals surface area (Å²) < 4.78 is 11.5. The molecular weight excluding hydrogens is 531 g/mol. The number of carbonyl (C=O) groups is 1. The van der Waals surface area contributed by atoms with Gasteiger partial charge in [-0.05, 0) is 62.1 Å². The second-order valence-corrected chi connectivity index (χ2v) is 8.10. The van der Waals surface area contributed by atoms with Crippen LogP contribution in [0.2, 0.25) is 0 Å². The Morgan fingerprint density at radius 1 is 1.18 bits per heavy atom. The molecule has 0 saturated carbocycles. The molecule has 0 bridgehead atoms. The van der Waals surface area contributed by atoms with E-state index >= 15 is 0 Å². The summed E-state index contributed by atoms with van der Waals surface area (Å²) >= 11 is 0. The number of aryl methyl sites for hydroxylation is 1. The van der Waals surface area contributed by atoms with E-state index in [-0.39, 0.29) is 42.1 Å². The van der Waals surface area contributed by atoms with Crippen LogP contribution in [0, 0.1) is 6.92 Å². The summed E-state index contributed by atoms with van der Waals surface area (Å²) in [5.41, 5.74) is 2.81. The van der Waals surface area contributed by atoms with Crippen LogP contribution in [0.15, 0.2) is 53.5 Å². The van der Waals surface area contributed by atoms with Gasteiger partial charge in [-0.1, -0.05) is 24.3 Å². The Kier molecular flexibility index (Phi) is 11.5. The van der Waals surface area contributed by atoms with E-state index in [2.05, 4.69) is 20.9 Å². The number of halogens is 1. The summed E-state index contributed by atoms with van der Waals surface area (Å²) in [7, 11) is 1.73. The SMILES string of the molecule is CN=C(NCc1cccc(C(=O)NCC2CCCO2)c1)NCC(C)Oc1cccc(C)c1.I. The van der Waals surface area contributed by atoms with Crippen LogP contribution in [0.4, 0.5) is 0 Å². The molecule has 1 amide bonds. The van der Waals surface area contributed by atoms with Gasteiger partial charge in [-0.25, -0.2) is 0 Å². The molecule has 2 unspecified atom stereocenters. The summed E-state index contributed by atoms with van der Waals surface area (Å²) in [6, 6.07) is 15.6. The molecule has 1 heterocycles. The lowest BCUT2D eigenvalue weighted by Gasteiger charge is -2.18. The Balaban J connectivity index is 0.00000385. The van der Waals surface area contributed by atoms with Gasteiger partial charge in [0.1, 0.15) is 11.9 Å². The Morgan fingerprint density at radius 3 is 2.73 bits per heavy atom. The van der Waals surface area contributed by atoms with E-state index in [1.807, 2.05) is 62.4 Å². The minimum absolute atomic E-state index is 0. The molecule has 0 spiro atoms. The van der Waals surface area contributed by atoms with Crippen LogP contribution in [0.3, 0.4) is 0 Å².